The molecule has 1 aliphatic rings. The van der Waals surface area contributed by atoms with Crippen LogP contribution in [-0.4, -0.2) is 23.1 Å². The maximum absolute atomic E-state index is 4.59. The summed E-state index contributed by atoms with van der Waals surface area (Å²) in [6.07, 6.45) is 12.2. The number of nitrogens with zero attached hydrogens (tertiary/aromatic N) is 2. The Balaban J connectivity index is 2.02. The SMILES string of the molecule is CCCC1CCC(CNC)C(Cc2nccn2CC)C1. The van der Waals surface area contributed by atoms with E-state index >= 15 is 0 Å². The van der Waals surface area contributed by atoms with Crippen LogP contribution in [0.1, 0.15) is 51.8 Å². The molecule has 0 radical (unpaired) electrons. The van der Waals surface area contributed by atoms with Gasteiger partial charge in [0.2, 0.25) is 0 Å². The Kier molecular flexibility index (Phi) is 6.08. The summed E-state index contributed by atoms with van der Waals surface area (Å²) in [6.45, 7) is 6.73. The van der Waals surface area contributed by atoms with Gasteiger partial charge in [-0.2, -0.15) is 0 Å². The molecule has 3 unspecified atom stereocenters. The summed E-state index contributed by atoms with van der Waals surface area (Å²) >= 11 is 0. The van der Waals surface area contributed by atoms with Gasteiger partial charge in [-0.3, -0.25) is 0 Å². The number of hydrogen-bond donors (Lipinski definition) is 1. The van der Waals surface area contributed by atoms with Gasteiger partial charge in [0.25, 0.3) is 0 Å². The van der Waals surface area contributed by atoms with Gasteiger partial charge in [0, 0.05) is 25.4 Å². The maximum atomic E-state index is 4.59. The summed E-state index contributed by atoms with van der Waals surface area (Å²) in [5.74, 6) is 3.87. The lowest BCUT2D eigenvalue weighted by molar-refractivity contribution is 0.166. The molecular formula is C17H31N3. The lowest BCUT2D eigenvalue weighted by Crippen LogP contribution is -2.33. The van der Waals surface area contributed by atoms with Crippen LogP contribution in [0, 0.1) is 17.8 Å². The first-order valence-electron chi connectivity index (χ1n) is 8.43. The van der Waals surface area contributed by atoms with E-state index in [9.17, 15) is 0 Å². The molecule has 20 heavy (non-hydrogen) atoms. The Morgan fingerprint density at radius 1 is 1.30 bits per heavy atom. The average Bonchev–Trinajstić information content (AvgIpc) is 2.89. The predicted molar refractivity (Wildman–Crippen MR) is 84.8 cm³/mol. The van der Waals surface area contributed by atoms with E-state index in [0.717, 1.165) is 37.3 Å². The summed E-state index contributed by atoms with van der Waals surface area (Å²) < 4.78 is 2.31. The molecule has 0 aromatic carbocycles. The minimum absolute atomic E-state index is 0.806. The van der Waals surface area contributed by atoms with Gasteiger partial charge in [-0.05, 0) is 51.1 Å². The van der Waals surface area contributed by atoms with E-state index in [4.69, 9.17) is 0 Å². The topological polar surface area (TPSA) is 29.9 Å². The number of hydrogen-bond acceptors (Lipinski definition) is 2. The fourth-order valence-corrected chi connectivity index (χ4v) is 3.93. The molecule has 0 aliphatic heterocycles. The van der Waals surface area contributed by atoms with Crippen molar-refractivity contribution in [3.63, 3.8) is 0 Å². The van der Waals surface area contributed by atoms with Crippen molar-refractivity contribution in [3.05, 3.63) is 18.2 Å². The second-order valence-electron chi connectivity index (χ2n) is 6.38. The smallest absolute Gasteiger partial charge is 0.108 e. The van der Waals surface area contributed by atoms with Crippen molar-refractivity contribution in [1.29, 1.82) is 0 Å². The Hall–Kier alpha value is -0.830. The molecule has 3 heteroatoms. The lowest BCUT2D eigenvalue weighted by Gasteiger charge is -2.36. The van der Waals surface area contributed by atoms with Crippen LogP contribution in [0.5, 0.6) is 0 Å². The molecule has 1 aliphatic carbocycles. The lowest BCUT2D eigenvalue weighted by atomic mass is 9.71. The molecule has 1 aromatic heterocycles. The summed E-state index contributed by atoms with van der Waals surface area (Å²) in [5.41, 5.74) is 0. The summed E-state index contributed by atoms with van der Waals surface area (Å²) in [4.78, 5) is 4.59. The van der Waals surface area contributed by atoms with Crippen LogP contribution in [0.15, 0.2) is 12.4 Å². The standard InChI is InChI=1S/C17H31N3/c1-4-6-14-7-8-15(13-18-3)16(11-14)12-17-19-9-10-20(17)5-2/h9-10,14-16,18H,4-8,11-13H2,1-3H3. The maximum Gasteiger partial charge on any atom is 0.108 e. The van der Waals surface area contributed by atoms with E-state index in [1.54, 1.807) is 0 Å². The number of rotatable bonds is 7. The van der Waals surface area contributed by atoms with E-state index < -0.39 is 0 Å². The van der Waals surface area contributed by atoms with Crippen molar-refractivity contribution in [3.8, 4) is 0 Å². The van der Waals surface area contributed by atoms with E-state index in [1.165, 1.54) is 37.9 Å². The number of nitrogens with one attached hydrogen (secondary N) is 1. The monoisotopic (exact) mass is 277 g/mol. The molecule has 114 valence electrons. The first-order valence-corrected chi connectivity index (χ1v) is 8.43. The van der Waals surface area contributed by atoms with E-state index in [1.807, 2.05) is 6.20 Å². The third-order valence-electron chi connectivity index (χ3n) is 5.00. The van der Waals surface area contributed by atoms with Crippen molar-refractivity contribution < 1.29 is 0 Å². The highest BCUT2D eigenvalue weighted by molar-refractivity contribution is 4.96. The van der Waals surface area contributed by atoms with Crippen LogP contribution in [0.3, 0.4) is 0 Å². The Bertz CT molecular complexity index is 385. The van der Waals surface area contributed by atoms with Gasteiger partial charge < -0.3 is 9.88 Å². The van der Waals surface area contributed by atoms with Gasteiger partial charge in [0.05, 0.1) is 0 Å². The Morgan fingerprint density at radius 2 is 2.15 bits per heavy atom. The van der Waals surface area contributed by atoms with E-state index in [2.05, 4.69) is 42.0 Å². The zero-order valence-corrected chi connectivity index (χ0v) is 13.4. The average molecular weight is 277 g/mol. The molecule has 0 amide bonds. The van der Waals surface area contributed by atoms with Crippen molar-refractivity contribution in [2.24, 2.45) is 17.8 Å². The third kappa shape index (κ3) is 3.85. The van der Waals surface area contributed by atoms with Crippen LogP contribution in [0.25, 0.3) is 0 Å². The largest absolute Gasteiger partial charge is 0.335 e. The van der Waals surface area contributed by atoms with Crippen LogP contribution < -0.4 is 5.32 Å². The van der Waals surface area contributed by atoms with Crippen LogP contribution in [0.2, 0.25) is 0 Å². The molecular weight excluding hydrogens is 246 g/mol. The summed E-state index contributed by atoms with van der Waals surface area (Å²) in [7, 11) is 2.09. The molecule has 0 saturated heterocycles. The van der Waals surface area contributed by atoms with Crippen molar-refractivity contribution in [2.75, 3.05) is 13.6 Å². The number of aryl methyl sites for hydroxylation is 1. The quantitative estimate of drug-likeness (QED) is 0.826. The van der Waals surface area contributed by atoms with Gasteiger partial charge in [0.15, 0.2) is 0 Å². The minimum Gasteiger partial charge on any atom is -0.335 e. The van der Waals surface area contributed by atoms with Crippen LogP contribution >= 0.6 is 0 Å². The highest BCUT2D eigenvalue weighted by atomic mass is 15.1. The molecule has 1 N–H and O–H groups in total. The van der Waals surface area contributed by atoms with E-state index in [-0.39, 0.29) is 0 Å². The molecule has 0 spiro atoms. The van der Waals surface area contributed by atoms with E-state index in [0.29, 0.717) is 0 Å². The van der Waals surface area contributed by atoms with Crippen LogP contribution in [0.4, 0.5) is 0 Å². The fourth-order valence-electron chi connectivity index (χ4n) is 3.93. The van der Waals surface area contributed by atoms with Gasteiger partial charge in [-0.15, -0.1) is 0 Å². The van der Waals surface area contributed by atoms with Crippen molar-refractivity contribution in [1.82, 2.24) is 14.9 Å². The van der Waals surface area contributed by atoms with Crippen molar-refractivity contribution in [2.45, 2.75) is 58.9 Å². The minimum atomic E-state index is 0.806. The first kappa shape index (κ1) is 15.6. The molecule has 1 saturated carbocycles. The molecule has 1 fully saturated rings. The molecule has 2 rings (SSSR count). The zero-order chi connectivity index (χ0) is 14.4. The molecule has 1 heterocycles. The van der Waals surface area contributed by atoms with Gasteiger partial charge in [-0.1, -0.05) is 26.2 Å². The van der Waals surface area contributed by atoms with Gasteiger partial charge in [-0.25, -0.2) is 4.98 Å². The normalized spacial score (nSPS) is 26.9. The Morgan fingerprint density at radius 3 is 2.85 bits per heavy atom. The molecule has 1 aromatic rings. The second kappa shape index (κ2) is 7.82. The number of imidazole rings is 1. The van der Waals surface area contributed by atoms with Crippen LogP contribution in [-0.2, 0) is 13.0 Å². The second-order valence-corrected chi connectivity index (χ2v) is 6.38. The number of aromatic nitrogens is 2. The molecule has 0 bridgehead atoms. The molecule has 3 nitrogen and oxygen atoms in total. The van der Waals surface area contributed by atoms with Gasteiger partial charge >= 0.3 is 0 Å². The third-order valence-corrected chi connectivity index (χ3v) is 5.00. The highest BCUT2D eigenvalue weighted by Crippen LogP contribution is 2.37. The zero-order valence-electron chi connectivity index (χ0n) is 13.4. The highest BCUT2D eigenvalue weighted by Gasteiger charge is 2.30. The molecule has 3 atom stereocenters. The van der Waals surface area contributed by atoms with Gasteiger partial charge in [0.1, 0.15) is 5.82 Å². The fraction of sp³-hybridized carbons (Fsp3) is 0.824. The van der Waals surface area contributed by atoms with Crippen molar-refractivity contribution >= 4 is 0 Å². The summed E-state index contributed by atoms with van der Waals surface area (Å²) in [6, 6.07) is 0. The first-order chi connectivity index (χ1) is 9.78. The summed E-state index contributed by atoms with van der Waals surface area (Å²) in [5, 5.41) is 3.40. The predicted octanol–water partition coefficient (Wildman–Crippen LogP) is 3.50. The Labute approximate surface area is 124 Å².